The van der Waals surface area contributed by atoms with Crippen molar-refractivity contribution >= 4 is 64.1 Å². The zero-order chi connectivity index (χ0) is 20.3. The van der Waals surface area contributed by atoms with Crippen molar-refractivity contribution in [2.24, 2.45) is 0 Å². The molecule has 11 heteroatoms. The number of rotatable bonds is 6. The van der Waals surface area contributed by atoms with Crippen molar-refractivity contribution in [1.29, 1.82) is 0 Å². The first kappa shape index (κ1) is 21.1. The molecular weight excluding hydrogens is 464 g/mol. The van der Waals surface area contributed by atoms with Gasteiger partial charge in [0.2, 0.25) is 11.1 Å². The lowest BCUT2D eigenvalue weighted by atomic mass is 10.2. The number of benzene rings is 2. The number of nitrogens with zero attached hydrogens (tertiary/aromatic N) is 3. The maximum Gasteiger partial charge on any atom is 0.230 e. The molecule has 28 heavy (non-hydrogen) atoms. The largest absolute Gasteiger partial charge is 0.351 e. The third kappa shape index (κ3) is 5.04. The zero-order valence-corrected chi connectivity index (χ0v) is 18.0. The van der Waals surface area contributed by atoms with E-state index in [2.05, 4.69) is 15.5 Å². The third-order valence-electron chi connectivity index (χ3n) is 3.66. The Kier molecular flexibility index (Phi) is 6.95. The van der Waals surface area contributed by atoms with E-state index < -0.39 is 0 Å². The van der Waals surface area contributed by atoms with E-state index >= 15 is 0 Å². The van der Waals surface area contributed by atoms with Gasteiger partial charge in [0.25, 0.3) is 0 Å². The van der Waals surface area contributed by atoms with Crippen LogP contribution < -0.4 is 11.2 Å². The van der Waals surface area contributed by atoms with E-state index in [9.17, 15) is 4.79 Å². The van der Waals surface area contributed by atoms with Crippen molar-refractivity contribution in [2.45, 2.75) is 11.7 Å². The van der Waals surface area contributed by atoms with Gasteiger partial charge in [-0.15, -0.1) is 10.2 Å². The molecule has 0 aliphatic heterocycles. The Morgan fingerprint density at radius 3 is 2.50 bits per heavy atom. The van der Waals surface area contributed by atoms with Crippen LogP contribution in [0.5, 0.6) is 0 Å². The molecule has 0 atom stereocenters. The lowest BCUT2D eigenvalue weighted by Crippen LogP contribution is -2.25. The van der Waals surface area contributed by atoms with Crippen molar-refractivity contribution < 1.29 is 4.79 Å². The predicted octanol–water partition coefficient (Wildman–Crippen LogP) is 4.68. The van der Waals surface area contributed by atoms with Gasteiger partial charge in [-0.1, -0.05) is 64.2 Å². The van der Waals surface area contributed by atoms with Gasteiger partial charge in [0, 0.05) is 27.2 Å². The monoisotopic (exact) mass is 475 g/mol. The Labute approximate surface area is 185 Å². The first-order valence-electron chi connectivity index (χ1n) is 7.84. The fourth-order valence-electron chi connectivity index (χ4n) is 2.27. The summed E-state index contributed by atoms with van der Waals surface area (Å²) < 4.78 is 1.27. The van der Waals surface area contributed by atoms with Crippen molar-refractivity contribution in [3.8, 4) is 11.4 Å². The molecule has 0 saturated carbocycles. The molecule has 0 bridgehead atoms. The van der Waals surface area contributed by atoms with Crippen LogP contribution >= 0.6 is 58.2 Å². The van der Waals surface area contributed by atoms with Gasteiger partial charge in [0.15, 0.2) is 5.82 Å². The molecule has 3 rings (SSSR count). The van der Waals surface area contributed by atoms with Crippen LogP contribution in [-0.4, -0.2) is 26.5 Å². The zero-order valence-electron chi connectivity index (χ0n) is 14.1. The molecule has 146 valence electrons. The van der Waals surface area contributed by atoms with Crippen LogP contribution in [0.3, 0.4) is 0 Å². The molecule has 2 aromatic carbocycles. The highest BCUT2D eigenvalue weighted by molar-refractivity contribution is 7.99. The number of nitrogen functional groups attached to an aromatic ring is 1. The van der Waals surface area contributed by atoms with Crippen molar-refractivity contribution in [3.05, 3.63) is 62.1 Å². The minimum atomic E-state index is -0.207. The van der Waals surface area contributed by atoms with Gasteiger partial charge in [-0.25, -0.2) is 4.68 Å². The third-order valence-corrected chi connectivity index (χ3v) is 5.75. The Hall–Kier alpha value is -1.64. The first-order chi connectivity index (χ1) is 13.3. The first-order valence-corrected chi connectivity index (χ1v) is 10.3. The summed E-state index contributed by atoms with van der Waals surface area (Å²) in [6.45, 7) is 0.286. The second-order valence-corrected chi connectivity index (χ2v) is 8.23. The van der Waals surface area contributed by atoms with E-state index in [0.717, 1.165) is 17.3 Å². The van der Waals surface area contributed by atoms with E-state index in [1.807, 2.05) is 0 Å². The summed E-state index contributed by atoms with van der Waals surface area (Å²) in [6.07, 6.45) is 0. The van der Waals surface area contributed by atoms with Gasteiger partial charge in [-0.2, -0.15) is 0 Å². The molecule has 0 unspecified atom stereocenters. The molecule has 0 spiro atoms. The minimum Gasteiger partial charge on any atom is -0.351 e. The molecule has 1 amide bonds. The van der Waals surface area contributed by atoms with Gasteiger partial charge in [0.05, 0.1) is 10.8 Å². The van der Waals surface area contributed by atoms with Crippen molar-refractivity contribution in [1.82, 2.24) is 20.2 Å². The van der Waals surface area contributed by atoms with Crippen LogP contribution in [0.25, 0.3) is 11.4 Å². The van der Waals surface area contributed by atoms with E-state index in [1.165, 1.54) is 4.68 Å². The van der Waals surface area contributed by atoms with Crippen LogP contribution in [-0.2, 0) is 11.3 Å². The van der Waals surface area contributed by atoms with E-state index in [0.29, 0.717) is 36.6 Å². The fourth-order valence-corrected chi connectivity index (χ4v) is 3.80. The minimum absolute atomic E-state index is 0.101. The number of aromatic nitrogens is 3. The normalized spacial score (nSPS) is 10.9. The summed E-state index contributed by atoms with van der Waals surface area (Å²) in [4.78, 5) is 12.1. The highest BCUT2D eigenvalue weighted by Crippen LogP contribution is 2.30. The van der Waals surface area contributed by atoms with Crippen LogP contribution in [0.1, 0.15) is 5.56 Å². The fraction of sp³-hybridized carbons (Fsp3) is 0.118. The van der Waals surface area contributed by atoms with Gasteiger partial charge in [-0.3, -0.25) is 4.79 Å². The average Bonchev–Trinajstić information content (AvgIpc) is 3.01. The highest BCUT2D eigenvalue weighted by atomic mass is 35.5. The standard InChI is InChI=1S/C17H13Cl4N5OS/c18-10-3-4-13(20)12(5-10)16-24-25-17(26(16)22)28-8-15(27)23-7-9-1-2-11(19)6-14(9)21/h1-6H,7-8,22H2,(H,23,27). The summed E-state index contributed by atoms with van der Waals surface area (Å²) in [7, 11) is 0. The van der Waals surface area contributed by atoms with Crippen molar-refractivity contribution in [3.63, 3.8) is 0 Å². The lowest BCUT2D eigenvalue weighted by molar-refractivity contribution is -0.118. The Balaban J connectivity index is 1.61. The molecular formula is C17H13Cl4N5OS. The Morgan fingerprint density at radius 2 is 1.75 bits per heavy atom. The summed E-state index contributed by atoms with van der Waals surface area (Å²) in [5, 5.41) is 13.2. The molecule has 0 fully saturated rings. The van der Waals surface area contributed by atoms with E-state index in [4.69, 9.17) is 52.2 Å². The molecule has 0 aliphatic rings. The SMILES string of the molecule is Nn1c(SCC(=O)NCc2ccc(Cl)cc2Cl)nnc1-c1cc(Cl)ccc1Cl. The number of halogens is 4. The summed E-state index contributed by atoms with van der Waals surface area (Å²) in [5.74, 6) is 6.29. The maximum absolute atomic E-state index is 12.1. The van der Waals surface area contributed by atoms with Gasteiger partial charge < -0.3 is 11.2 Å². The molecule has 0 radical (unpaired) electrons. The second-order valence-electron chi connectivity index (χ2n) is 5.60. The number of carbonyl (C=O) groups is 1. The molecule has 0 saturated heterocycles. The van der Waals surface area contributed by atoms with E-state index in [-0.39, 0.29) is 18.2 Å². The molecule has 1 heterocycles. The maximum atomic E-state index is 12.1. The molecule has 3 N–H and O–H groups in total. The quantitative estimate of drug-likeness (QED) is 0.398. The highest BCUT2D eigenvalue weighted by Gasteiger charge is 2.16. The van der Waals surface area contributed by atoms with Crippen LogP contribution in [0.2, 0.25) is 20.1 Å². The van der Waals surface area contributed by atoms with E-state index in [1.54, 1.807) is 36.4 Å². The Morgan fingerprint density at radius 1 is 1.04 bits per heavy atom. The second kappa shape index (κ2) is 9.24. The molecule has 6 nitrogen and oxygen atoms in total. The molecule has 3 aromatic rings. The number of nitrogens with one attached hydrogen (secondary N) is 1. The lowest BCUT2D eigenvalue weighted by Gasteiger charge is -2.08. The number of carbonyl (C=O) groups excluding carboxylic acids is 1. The number of thioether (sulfide) groups is 1. The van der Waals surface area contributed by atoms with Gasteiger partial charge in [-0.05, 0) is 35.9 Å². The molecule has 0 aliphatic carbocycles. The van der Waals surface area contributed by atoms with Crippen LogP contribution in [0.4, 0.5) is 0 Å². The summed E-state index contributed by atoms with van der Waals surface area (Å²) >= 11 is 25.3. The average molecular weight is 477 g/mol. The number of hydrogen-bond acceptors (Lipinski definition) is 5. The number of amides is 1. The smallest absolute Gasteiger partial charge is 0.230 e. The van der Waals surface area contributed by atoms with Crippen molar-refractivity contribution in [2.75, 3.05) is 11.6 Å². The Bertz CT molecular complexity index is 1030. The molecule has 1 aromatic heterocycles. The number of hydrogen-bond donors (Lipinski definition) is 2. The van der Waals surface area contributed by atoms with Gasteiger partial charge >= 0.3 is 0 Å². The predicted molar refractivity (Wildman–Crippen MR) is 115 cm³/mol. The van der Waals surface area contributed by atoms with Crippen LogP contribution in [0, 0.1) is 0 Å². The van der Waals surface area contributed by atoms with Crippen LogP contribution in [0.15, 0.2) is 41.6 Å². The topological polar surface area (TPSA) is 85.8 Å². The summed E-state index contributed by atoms with van der Waals surface area (Å²) in [6, 6.07) is 10.1. The van der Waals surface area contributed by atoms with Gasteiger partial charge in [0.1, 0.15) is 0 Å². The number of nitrogens with two attached hydrogens (primary N) is 1. The summed E-state index contributed by atoms with van der Waals surface area (Å²) in [5.41, 5.74) is 1.32.